The predicted molar refractivity (Wildman–Crippen MR) is 77.8 cm³/mol. The third-order valence-electron chi connectivity index (χ3n) is 2.36. The van der Waals surface area contributed by atoms with Crippen LogP contribution in [0.3, 0.4) is 0 Å². The van der Waals surface area contributed by atoms with Gasteiger partial charge in [0.1, 0.15) is 11.9 Å². The van der Waals surface area contributed by atoms with Gasteiger partial charge in [-0.25, -0.2) is 4.79 Å². The smallest absolute Gasteiger partial charge is 0.408 e. The third-order valence-corrected chi connectivity index (χ3v) is 4.05. The number of rotatable bonds is 10. The quantitative estimate of drug-likeness (QED) is 0.318. The number of nitrogens with one attached hydrogen (secondary N) is 1. The summed E-state index contributed by atoms with van der Waals surface area (Å²) in [4.78, 5) is 40.1. The van der Waals surface area contributed by atoms with E-state index in [1.54, 1.807) is 6.26 Å². The molecule has 0 saturated carbocycles. The van der Waals surface area contributed by atoms with E-state index in [2.05, 4.69) is 5.32 Å². The van der Waals surface area contributed by atoms with Crippen molar-refractivity contribution in [1.29, 1.82) is 0 Å². The second-order valence-electron chi connectivity index (χ2n) is 4.26. The fourth-order valence-corrected chi connectivity index (χ4v) is 2.52. The second kappa shape index (κ2) is 10.2. The van der Waals surface area contributed by atoms with Gasteiger partial charge in [0.15, 0.2) is 0 Å². The molecule has 0 rings (SSSR count). The monoisotopic (exact) mass is 327 g/mol. The highest BCUT2D eigenvalue weighted by molar-refractivity contribution is 7.99. The Labute approximate surface area is 123 Å². The van der Waals surface area contributed by atoms with Gasteiger partial charge < -0.3 is 19.8 Å². The standard InChI is InChI=1S/C11H22NO6PS/c1-3-4-7-18-11(14)12-10(20-2)6-5-9(13)8-19(15,16)17/h10H,3-8H2,1-2H3,(H,12,14)(H2,15,16,17). The average Bonchev–Trinajstić information content (AvgIpc) is 2.32. The van der Waals surface area contributed by atoms with Crippen LogP contribution in [0.5, 0.6) is 0 Å². The minimum absolute atomic E-state index is 0.00581. The number of carbonyl (C=O) groups excluding carboxylic acids is 2. The van der Waals surface area contributed by atoms with E-state index in [1.165, 1.54) is 11.8 Å². The molecule has 0 fully saturated rings. The number of thioether (sulfide) groups is 1. The zero-order valence-corrected chi connectivity index (χ0v) is 13.4. The summed E-state index contributed by atoms with van der Waals surface area (Å²) < 4.78 is 15.6. The summed E-state index contributed by atoms with van der Waals surface area (Å²) >= 11 is 1.34. The van der Waals surface area contributed by atoms with Gasteiger partial charge >= 0.3 is 13.7 Å². The van der Waals surface area contributed by atoms with E-state index in [4.69, 9.17) is 14.5 Å². The van der Waals surface area contributed by atoms with Crippen LogP contribution in [0.2, 0.25) is 0 Å². The Morgan fingerprint density at radius 3 is 2.55 bits per heavy atom. The van der Waals surface area contributed by atoms with E-state index in [0.29, 0.717) is 13.0 Å². The maximum Gasteiger partial charge on any atom is 0.408 e. The van der Waals surface area contributed by atoms with Gasteiger partial charge in [-0.1, -0.05) is 13.3 Å². The molecular weight excluding hydrogens is 305 g/mol. The Balaban J connectivity index is 4.00. The largest absolute Gasteiger partial charge is 0.450 e. The lowest BCUT2D eigenvalue weighted by atomic mass is 10.2. The van der Waals surface area contributed by atoms with Crippen molar-refractivity contribution >= 4 is 31.2 Å². The molecular formula is C11H22NO6PS. The minimum atomic E-state index is -4.30. The highest BCUT2D eigenvalue weighted by Gasteiger charge is 2.20. The Hall–Kier alpha value is -0.560. The van der Waals surface area contributed by atoms with E-state index in [0.717, 1.165) is 12.8 Å². The molecule has 1 amide bonds. The van der Waals surface area contributed by atoms with Crippen molar-refractivity contribution in [3.05, 3.63) is 0 Å². The van der Waals surface area contributed by atoms with Crippen LogP contribution in [0, 0.1) is 0 Å². The van der Waals surface area contributed by atoms with E-state index in [9.17, 15) is 14.2 Å². The molecule has 0 spiro atoms. The van der Waals surface area contributed by atoms with E-state index >= 15 is 0 Å². The van der Waals surface area contributed by atoms with Crippen LogP contribution < -0.4 is 5.32 Å². The Morgan fingerprint density at radius 2 is 2.05 bits per heavy atom. The summed E-state index contributed by atoms with van der Waals surface area (Å²) in [6.45, 7) is 2.33. The highest BCUT2D eigenvalue weighted by Crippen LogP contribution is 2.34. The maximum absolute atomic E-state index is 11.4. The first-order chi connectivity index (χ1) is 9.28. The molecule has 0 radical (unpaired) electrons. The molecule has 1 unspecified atom stereocenters. The van der Waals surface area contributed by atoms with Crippen molar-refractivity contribution in [2.45, 2.75) is 38.0 Å². The number of Topliss-reactive ketones (excluding diaryl/α,β-unsaturated/α-hetero) is 1. The van der Waals surface area contributed by atoms with Crippen molar-refractivity contribution in [1.82, 2.24) is 5.32 Å². The predicted octanol–water partition coefficient (Wildman–Crippen LogP) is 1.73. The number of alkyl carbamates (subject to hydrolysis) is 1. The van der Waals surface area contributed by atoms with E-state index in [-0.39, 0.29) is 11.8 Å². The van der Waals surface area contributed by atoms with Gasteiger partial charge in [-0.05, 0) is 19.1 Å². The molecule has 7 nitrogen and oxygen atoms in total. The Kier molecular flexibility index (Phi) is 9.92. The second-order valence-corrected chi connectivity index (χ2v) is 6.94. The third kappa shape index (κ3) is 11.3. The van der Waals surface area contributed by atoms with Crippen molar-refractivity contribution in [3.63, 3.8) is 0 Å². The van der Waals surface area contributed by atoms with Crippen LogP contribution in [0.25, 0.3) is 0 Å². The summed E-state index contributed by atoms with van der Waals surface area (Å²) in [6, 6.07) is 0. The van der Waals surface area contributed by atoms with Crippen molar-refractivity contribution in [2.24, 2.45) is 0 Å². The fraction of sp³-hybridized carbons (Fsp3) is 0.818. The van der Waals surface area contributed by atoms with Gasteiger partial charge in [-0.15, -0.1) is 11.8 Å². The van der Waals surface area contributed by atoms with Gasteiger partial charge in [0, 0.05) is 6.42 Å². The summed E-state index contributed by atoms with van der Waals surface area (Å²) in [5.74, 6) is -0.515. The molecule has 0 aromatic carbocycles. The van der Waals surface area contributed by atoms with Gasteiger partial charge in [0.25, 0.3) is 0 Å². The molecule has 3 N–H and O–H groups in total. The molecule has 0 heterocycles. The summed E-state index contributed by atoms with van der Waals surface area (Å²) in [5, 5.41) is 2.28. The molecule has 9 heteroatoms. The van der Waals surface area contributed by atoms with Gasteiger partial charge in [0.05, 0.1) is 12.0 Å². The number of hydrogen-bond donors (Lipinski definition) is 3. The van der Waals surface area contributed by atoms with Gasteiger partial charge in [-0.2, -0.15) is 0 Å². The van der Waals surface area contributed by atoms with Crippen LogP contribution in [-0.4, -0.2) is 46.1 Å². The summed E-state index contributed by atoms with van der Waals surface area (Å²) in [5.41, 5.74) is 0. The first kappa shape index (κ1) is 19.4. The number of ketones is 1. The summed E-state index contributed by atoms with van der Waals surface area (Å²) in [6.07, 6.45) is 2.50. The Bertz CT molecular complexity index is 359. The molecule has 0 aliphatic heterocycles. The van der Waals surface area contributed by atoms with E-state index in [1.807, 2.05) is 6.92 Å². The van der Waals surface area contributed by atoms with Gasteiger partial charge in [-0.3, -0.25) is 9.36 Å². The number of unbranched alkanes of at least 4 members (excludes halogenated alkanes) is 1. The van der Waals surface area contributed by atoms with Crippen LogP contribution >= 0.6 is 19.4 Å². The van der Waals surface area contributed by atoms with Crippen LogP contribution in [0.4, 0.5) is 4.79 Å². The molecule has 0 aromatic heterocycles. The molecule has 1 atom stereocenters. The maximum atomic E-state index is 11.4. The van der Waals surface area contributed by atoms with Gasteiger partial charge in [0.2, 0.25) is 0 Å². The molecule has 118 valence electrons. The molecule has 0 saturated heterocycles. The van der Waals surface area contributed by atoms with Crippen molar-refractivity contribution < 1.29 is 28.7 Å². The minimum Gasteiger partial charge on any atom is -0.450 e. The fourth-order valence-electron chi connectivity index (χ4n) is 1.33. The van der Waals surface area contributed by atoms with Crippen molar-refractivity contribution in [3.8, 4) is 0 Å². The molecule has 20 heavy (non-hydrogen) atoms. The Morgan fingerprint density at radius 1 is 1.40 bits per heavy atom. The van der Waals surface area contributed by atoms with Crippen LogP contribution in [0.15, 0.2) is 0 Å². The van der Waals surface area contributed by atoms with Crippen LogP contribution in [-0.2, 0) is 14.1 Å². The molecule has 0 aromatic rings. The lowest BCUT2D eigenvalue weighted by Gasteiger charge is -2.16. The molecule has 0 aliphatic rings. The lowest BCUT2D eigenvalue weighted by molar-refractivity contribution is -0.117. The molecule has 0 bridgehead atoms. The number of amides is 1. The number of hydrogen-bond acceptors (Lipinski definition) is 5. The topological polar surface area (TPSA) is 113 Å². The highest BCUT2D eigenvalue weighted by atomic mass is 32.2. The zero-order chi connectivity index (χ0) is 15.6. The number of carbonyl (C=O) groups is 2. The number of ether oxygens (including phenoxy) is 1. The average molecular weight is 327 g/mol. The SMILES string of the molecule is CCCCOC(=O)NC(CCC(=O)CP(=O)(O)O)SC. The summed E-state index contributed by atoms with van der Waals surface area (Å²) in [7, 11) is -4.30. The lowest BCUT2D eigenvalue weighted by Crippen LogP contribution is -2.33. The first-order valence-corrected chi connectivity index (χ1v) is 9.39. The molecule has 0 aliphatic carbocycles. The van der Waals surface area contributed by atoms with Crippen LogP contribution in [0.1, 0.15) is 32.6 Å². The normalized spacial score (nSPS) is 12.8. The zero-order valence-electron chi connectivity index (χ0n) is 11.7. The van der Waals surface area contributed by atoms with E-state index < -0.39 is 25.6 Å². The van der Waals surface area contributed by atoms with Crippen molar-refractivity contribution in [2.75, 3.05) is 19.0 Å². The first-order valence-electron chi connectivity index (χ1n) is 6.30.